The van der Waals surface area contributed by atoms with Crippen LogP contribution in [0.4, 0.5) is 0 Å². The van der Waals surface area contributed by atoms with Crippen molar-refractivity contribution in [2.45, 2.75) is 45.1 Å². The molecule has 0 bridgehead atoms. The van der Waals surface area contributed by atoms with E-state index >= 15 is 0 Å². The second-order valence-corrected chi connectivity index (χ2v) is 7.94. The molecule has 1 aliphatic heterocycles. The van der Waals surface area contributed by atoms with Crippen molar-refractivity contribution >= 4 is 17.8 Å². The molecule has 9 heteroatoms. The molecule has 2 aromatic rings. The van der Waals surface area contributed by atoms with E-state index in [1.54, 1.807) is 38.6 Å². The van der Waals surface area contributed by atoms with Crippen LogP contribution in [0.25, 0.3) is 6.08 Å². The monoisotopic (exact) mass is 456 g/mol. The van der Waals surface area contributed by atoms with Gasteiger partial charge in [-0.2, -0.15) is 0 Å². The zero-order chi connectivity index (χ0) is 24.0. The number of phenolic OH excluding ortho intramolecular Hbond substituents is 1. The van der Waals surface area contributed by atoms with Gasteiger partial charge in [-0.1, -0.05) is 25.2 Å². The number of phenols is 1. The largest absolute Gasteiger partial charge is 0.507 e. The number of benzene rings is 1. The summed E-state index contributed by atoms with van der Waals surface area (Å²) in [5, 5.41) is 30.8. The Morgan fingerprint density at radius 1 is 1.21 bits per heavy atom. The van der Waals surface area contributed by atoms with Crippen LogP contribution in [-0.2, 0) is 16.1 Å². The summed E-state index contributed by atoms with van der Waals surface area (Å²) in [4.78, 5) is 28.9. The molecule has 1 aromatic carbocycles. The summed E-state index contributed by atoms with van der Waals surface area (Å²) in [6.07, 6.45) is 7.24. The van der Waals surface area contributed by atoms with Crippen molar-refractivity contribution in [1.82, 2.24) is 9.55 Å². The minimum absolute atomic E-state index is 0.0422. The van der Waals surface area contributed by atoms with Crippen LogP contribution < -0.4 is 4.74 Å². The molecule has 1 aromatic heterocycles. The van der Waals surface area contributed by atoms with Gasteiger partial charge in [0.05, 0.1) is 19.0 Å². The Labute approximate surface area is 191 Å². The van der Waals surface area contributed by atoms with Crippen molar-refractivity contribution in [2.24, 2.45) is 5.92 Å². The third kappa shape index (κ3) is 6.30. The maximum Gasteiger partial charge on any atom is 0.342 e. The molecule has 3 N–H and O–H groups in total. The summed E-state index contributed by atoms with van der Waals surface area (Å²) in [7, 11) is 0. The highest BCUT2D eigenvalue weighted by atomic mass is 16.5. The predicted molar refractivity (Wildman–Crippen MR) is 120 cm³/mol. The average molecular weight is 456 g/mol. The van der Waals surface area contributed by atoms with Crippen molar-refractivity contribution in [1.29, 1.82) is 0 Å². The Kier molecular flexibility index (Phi) is 8.02. The minimum Gasteiger partial charge on any atom is -0.507 e. The smallest absolute Gasteiger partial charge is 0.342 e. The maximum atomic E-state index is 12.9. The molecule has 0 fully saturated rings. The van der Waals surface area contributed by atoms with Gasteiger partial charge in [0.15, 0.2) is 5.78 Å². The molecule has 4 atom stereocenters. The lowest BCUT2D eigenvalue weighted by molar-refractivity contribution is -0.127. The highest BCUT2D eigenvalue weighted by Gasteiger charge is 2.25. The number of ketones is 1. The highest BCUT2D eigenvalue weighted by Crippen LogP contribution is 2.31. The maximum absolute atomic E-state index is 12.9. The van der Waals surface area contributed by atoms with Gasteiger partial charge in [-0.15, -0.1) is 0 Å². The van der Waals surface area contributed by atoms with Crippen molar-refractivity contribution in [3.63, 3.8) is 0 Å². The molecule has 2 unspecified atom stereocenters. The van der Waals surface area contributed by atoms with E-state index in [9.17, 15) is 24.9 Å². The van der Waals surface area contributed by atoms with Crippen molar-refractivity contribution < 1.29 is 34.4 Å². The summed E-state index contributed by atoms with van der Waals surface area (Å²) in [5.41, 5.74) is 0.275. The fraction of sp³-hybridized carbons (Fsp3) is 0.375. The number of hydrogen-bond donors (Lipinski definition) is 3. The lowest BCUT2D eigenvalue weighted by Crippen LogP contribution is -2.32. The molecular formula is C24H28N2O7. The van der Waals surface area contributed by atoms with Gasteiger partial charge in [-0.25, -0.2) is 9.78 Å². The fourth-order valence-corrected chi connectivity index (χ4v) is 3.24. The van der Waals surface area contributed by atoms with Gasteiger partial charge in [0, 0.05) is 24.4 Å². The molecule has 0 spiro atoms. The first-order valence-corrected chi connectivity index (χ1v) is 10.7. The number of aromatic hydroxyl groups is 1. The molecule has 0 amide bonds. The summed E-state index contributed by atoms with van der Waals surface area (Å²) in [6.45, 7) is 4.25. The lowest BCUT2D eigenvalue weighted by Gasteiger charge is -2.20. The van der Waals surface area contributed by atoms with Gasteiger partial charge in [0.2, 0.25) is 0 Å². The summed E-state index contributed by atoms with van der Waals surface area (Å²) < 4.78 is 13.1. The predicted octanol–water partition coefficient (Wildman–Crippen LogP) is 2.11. The van der Waals surface area contributed by atoms with Gasteiger partial charge in [0.25, 0.3) is 0 Å². The summed E-state index contributed by atoms with van der Waals surface area (Å²) in [6, 6.07) is 2.92. The van der Waals surface area contributed by atoms with Crippen LogP contribution in [0.5, 0.6) is 11.5 Å². The number of cyclic esters (lactones) is 1. The number of aliphatic hydroxyl groups excluding tert-OH is 2. The summed E-state index contributed by atoms with van der Waals surface area (Å²) >= 11 is 0. The van der Waals surface area contributed by atoms with Crippen LogP contribution in [0.2, 0.25) is 0 Å². The molecule has 1 aliphatic rings. The van der Waals surface area contributed by atoms with Crippen molar-refractivity contribution in [3.05, 3.63) is 60.2 Å². The zero-order valence-electron chi connectivity index (χ0n) is 18.5. The number of carbonyl (C=O) groups excluding carboxylic acids is 2. The number of nitrogens with zero attached hydrogens (tertiary/aromatic N) is 2. The Morgan fingerprint density at radius 3 is 2.73 bits per heavy atom. The number of hydrogen-bond acceptors (Lipinski definition) is 8. The normalized spacial score (nSPS) is 26.1. The molecule has 0 saturated heterocycles. The van der Waals surface area contributed by atoms with Gasteiger partial charge in [-0.3, -0.25) is 4.79 Å². The van der Waals surface area contributed by atoms with Crippen molar-refractivity contribution in [2.75, 3.05) is 6.61 Å². The average Bonchev–Trinajstić information content (AvgIpc) is 3.29. The van der Waals surface area contributed by atoms with Crippen LogP contribution in [0.1, 0.15) is 36.2 Å². The van der Waals surface area contributed by atoms with E-state index in [2.05, 4.69) is 4.98 Å². The van der Waals surface area contributed by atoms with E-state index < -0.39 is 30.1 Å². The van der Waals surface area contributed by atoms with Gasteiger partial charge in [0.1, 0.15) is 35.9 Å². The fourth-order valence-electron chi connectivity index (χ4n) is 3.24. The number of aromatic nitrogens is 2. The number of ether oxygens (including phenoxy) is 2. The van der Waals surface area contributed by atoms with Crippen LogP contribution in [0.3, 0.4) is 0 Å². The van der Waals surface area contributed by atoms with E-state index in [0.29, 0.717) is 24.5 Å². The topological polar surface area (TPSA) is 131 Å². The van der Waals surface area contributed by atoms with E-state index in [1.807, 2.05) is 4.57 Å². The molecular weight excluding hydrogens is 428 g/mol. The van der Waals surface area contributed by atoms with Crippen molar-refractivity contribution in [3.8, 4) is 11.5 Å². The Balaban J connectivity index is 1.89. The lowest BCUT2D eigenvalue weighted by atomic mass is 9.99. The second-order valence-electron chi connectivity index (χ2n) is 7.94. The van der Waals surface area contributed by atoms with Crippen LogP contribution in [0.15, 0.2) is 49.1 Å². The van der Waals surface area contributed by atoms with Gasteiger partial charge in [-0.05, 0) is 31.1 Å². The Morgan fingerprint density at radius 2 is 2.00 bits per heavy atom. The minimum atomic E-state index is -1.58. The number of carbonyl (C=O) groups is 2. The van der Waals surface area contributed by atoms with Crippen LogP contribution in [0, 0.1) is 5.92 Å². The van der Waals surface area contributed by atoms with E-state index in [0.717, 1.165) is 0 Å². The zero-order valence-corrected chi connectivity index (χ0v) is 18.5. The number of fused-ring (bicyclic) bond motifs is 1. The molecule has 9 nitrogen and oxygen atoms in total. The molecule has 0 radical (unpaired) electrons. The highest BCUT2D eigenvalue weighted by molar-refractivity contribution is 5.97. The summed E-state index contributed by atoms with van der Waals surface area (Å²) in [5.74, 6) is -1.68. The van der Waals surface area contributed by atoms with Crippen LogP contribution >= 0.6 is 0 Å². The van der Waals surface area contributed by atoms with E-state index in [1.165, 1.54) is 30.4 Å². The molecule has 0 aliphatic carbocycles. The first-order chi connectivity index (χ1) is 15.8. The standard InChI is InChI=1S/C24H28N2O7/c1-15-6-7-20(28)23(30)19(27)5-3-4-17-12-18(32-11-10-26-9-8-25-14-26)13-21(29)22(17)24(31)33-16(15)2/h3-4,6-9,12-16,19,23,27,29-30H,5,10-11H2,1-2H3/b4-3+,7-6-/t15-,16+,19?,23?/m1/s1. The van der Waals surface area contributed by atoms with E-state index in [-0.39, 0.29) is 23.7 Å². The van der Waals surface area contributed by atoms with Gasteiger partial charge < -0.3 is 29.4 Å². The first kappa shape index (κ1) is 24.2. The second kappa shape index (κ2) is 10.9. The molecule has 176 valence electrons. The van der Waals surface area contributed by atoms with Gasteiger partial charge >= 0.3 is 5.97 Å². The SMILES string of the molecule is C[C@@H]1/C=C\C(=O)C(O)C(O)C/C=C/c2cc(OCCn3ccnc3)cc(O)c2C(=O)O[C@H]1C. The molecule has 0 saturated carbocycles. The third-order valence-corrected chi connectivity index (χ3v) is 5.43. The van der Waals surface area contributed by atoms with Crippen LogP contribution in [-0.4, -0.2) is 61.5 Å². The number of esters is 1. The quantitative estimate of drug-likeness (QED) is 0.596. The number of rotatable bonds is 4. The van der Waals surface area contributed by atoms with E-state index in [4.69, 9.17) is 9.47 Å². The number of imidazole rings is 1. The molecule has 33 heavy (non-hydrogen) atoms. The third-order valence-electron chi connectivity index (χ3n) is 5.43. The molecule has 3 rings (SSSR count). The Hall–Kier alpha value is -3.43. The molecule has 2 heterocycles. The number of aliphatic hydroxyl groups is 2. The first-order valence-electron chi connectivity index (χ1n) is 10.7. The Bertz CT molecular complexity index is 1030.